The molecular formula is C35H38IrNO2S-. The molecule has 1 N–H and O–H groups in total. The number of fused-ring (bicyclic) bond motifs is 4. The Hall–Kier alpha value is -2.85. The van der Waals surface area contributed by atoms with E-state index in [-0.39, 0.29) is 37.1 Å². The van der Waals surface area contributed by atoms with E-state index in [4.69, 9.17) is 4.98 Å². The van der Waals surface area contributed by atoms with Crippen LogP contribution < -0.4 is 0 Å². The summed E-state index contributed by atoms with van der Waals surface area (Å²) in [5, 5.41) is 13.4. The number of aryl methyl sites for hydroxylation is 3. The molecular weight excluding hydrogens is 691 g/mol. The number of aromatic nitrogens is 1. The third kappa shape index (κ3) is 6.89. The Morgan fingerprint density at radius 2 is 1.52 bits per heavy atom. The summed E-state index contributed by atoms with van der Waals surface area (Å²) in [7, 11) is 0. The summed E-state index contributed by atoms with van der Waals surface area (Å²) >= 11 is 1.86. The van der Waals surface area contributed by atoms with Crippen LogP contribution in [0.15, 0.2) is 66.4 Å². The Morgan fingerprint density at radius 3 is 2.17 bits per heavy atom. The van der Waals surface area contributed by atoms with Crippen molar-refractivity contribution in [3.8, 4) is 11.3 Å². The van der Waals surface area contributed by atoms with Crippen molar-refractivity contribution in [2.45, 2.75) is 62.3 Å². The summed E-state index contributed by atoms with van der Waals surface area (Å²) in [5.41, 5.74) is 6.19. The van der Waals surface area contributed by atoms with Gasteiger partial charge in [0.15, 0.2) is 5.78 Å². The summed E-state index contributed by atoms with van der Waals surface area (Å²) < 4.78 is 2.65. The average Bonchev–Trinajstić information content (AvgIpc) is 3.21. The molecule has 2 heterocycles. The topological polar surface area (TPSA) is 50.2 Å². The van der Waals surface area contributed by atoms with Crippen molar-refractivity contribution in [1.82, 2.24) is 4.98 Å². The number of pyridine rings is 1. The van der Waals surface area contributed by atoms with Gasteiger partial charge in [-0.25, -0.2) is 0 Å². The first-order valence-electron chi connectivity index (χ1n) is 13.3. The summed E-state index contributed by atoms with van der Waals surface area (Å²) in [6.07, 6.45) is 1.33. The Kier molecular flexibility index (Phi) is 9.46. The van der Waals surface area contributed by atoms with Crippen LogP contribution in [-0.2, 0) is 24.9 Å². The largest absolute Gasteiger partial charge is 0.512 e. The normalized spacial score (nSPS) is 12.3. The average molecular weight is 729 g/mol. The van der Waals surface area contributed by atoms with E-state index in [0.717, 1.165) is 22.3 Å². The Bertz CT molecular complexity index is 1730. The Balaban J connectivity index is 0.000000272. The van der Waals surface area contributed by atoms with Gasteiger partial charge in [-0.3, -0.25) is 9.78 Å². The van der Waals surface area contributed by atoms with Gasteiger partial charge in [0.2, 0.25) is 0 Å². The van der Waals surface area contributed by atoms with E-state index < -0.39 is 5.41 Å². The maximum atomic E-state index is 11.5. The van der Waals surface area contributed by atoms with E-state index in [9.17, 15) is 9.90 Å². The van der Waals surface area contributed by atoms with Crippen LogP contribution in [0.5, 0.6) is 0 Å². The summed E-state index contributed by atoms with van der Waals surface area (Å²) in [6.45, 7) is 17.6. The van der Waals surface area contributed by atoms with Gasteiger partial charge in [0, 0.05) is 41.7 Å². The zero-order valence-electron chi connectivity index (χ0n) is 24.8. The molecule has 0 unspecified atom stereocenters. The molecule has 3 aromatic carbocycles. The van der Waals surface area contributed by atoms with E-state index >= 15 is 0 Å². The number of aliphatic hydroxyl groups is 1. The van der Waals surface area contributed by atoms with E-state index in [1.807, 2.05) is 58.9 Å². The molecule has 5 rings (SSSR count). The van der Waals surface area contributed by atoms with Crippen LogP contribution >= 0.6 is 11.3 Å². The minimum atomic E-state index is -0.417. The number of hydrogen-bond acceptors (Lipinski definition) is 4. The van der Waals surface area contributed by atoms with Crippen molar-refractivity contribution in [3.05, 3.63) is 89.2 Å². The van der Waals surface area contributed by atoms with Gasteiger partial charge in [0.1, 0.15) is 5.76 Å². The molecule has 211 valence electrons. The first-order valence-corrected chi connectivity index (χ1v) is 14.1. The zero-order chi connectivity index (χ0) is 28.7. The molecule has 0 aliphatic heterocycles. The molecule has 0 saturated carbocycles. The number of nitrogens with zero attached hydrogens (tertiary/aromatic N) is 1. The second kappa shape index (κ2) is 11.9. The van der Waals surface area contributed by atoms with Gasteiger partial charge in [0.25, 0.3) is 0 Å². The van der Waals surface area contributed by atoms with Crippen LogP contribution in [0.3, 0.4) is 0 Å². The molecule has 40 heavy (non-hydrogen) atoms. The number of benzene rings is 3. The van der Waals surface area contributed by atoms with Crippen LogP contribution in [0.25, 0.3) is 42.3 Å². The quantitative estimate of drug-likeness (QED) is 0.112. The molecule has 1 radical (unpaired) electrons. The van der Waals surface area contributed by atoms with Crippen molar-refractivity contribution < 1.29 is 30.0 Å². The smallest absolute Gasteiger partial charge is 0.164 e. The second-order valence-electron chi connectivity index (χ2n) is 12.4. The van der Waals surface area contributed by atoms with Gasteiger partial charge in [0.05, 0.1) is 5.52 Å². The van der Waals surface area contributed by atoms with E-state index in [2.05, 4.69) is 75.4 Å². The number of carbonyl (C=O) groups is 1. The number of aliphatic hydroxyl groups excluding tert-OH is 1. The van der Waals surface area contributed by atoms with Crippen LogP contribution in [0.2, 0.25) is 0 Å². The standard InChI is InChI=1S/C24H18NS.C11H20O2.Ir/c1-14-10-16(3)23-18(11-14)19-12-15(2)13-20(24(19)26-23)22-9-8-17-6-4-5-7-21(17)25-22;1-10(2,3)8(12)7-9(13)11(4,5)6;/h4-12H,1-3H3;7,12H,1-6H3;/q-1;;/b;8-7-;. The summed E-state index contributed by atoms with van der Waals surface area (Å²) in [4.78, 5) is 16.4. The number of carbonyl (C=O) groups excluding carboxylic acids is 1. The summed E-state index contributed by atoms with van der Waals surface area (Å²) in [5.74, 6) is 0.104. The molecule has 5 heteroatoms. The van der Waals surface area contributed by atoms with Gasteiger partial charge in [-0.1, -0.05) is 102 Å². The molecule has 0 amide bonds. The molecule has 0 fully saturated rings. The Labute approximate surface area is 255 Å². The molecule has 0 aliphatic carbocycles. The van der Waals surface area contributed by atoms with Gasteiger partial charge >= 0.3 is 0 Å². The maximum Gasteiger partial charge on any atom is 0.164 e. The molecule has 2 aromatic heterocycles. The fourth-order valence-corrected chi connectivity index (χ4v) is 5.59. The predicted octanol–water partition coefficient (Wildman–Crippen LogP) is 10.1. The zero-order valence-corrected chi connectivity index (χ0v) is 28.0. The minimum Gasteiger partial charge on any atom is -0.512 e. The number of ketones is 1. The molecule has 0 saturated heterocycles. The van der Waals surface area contributed by atoms with Crippen LogP contribution in [0.4, 0.5) is 0 Å². The SMILES string of the molecule is CC(C)(C)C(=O)/C=C(\O)C(C)(C)C.Cc1[c-]c(-c2ccc3ccccc3n2)c2sc3c(C)cc(C)cc3c2c1.[Ir]. The van der Waals surface area contributed by atoms with Crippen molar-refractivity contribution in [3.63, 3.8) is 0 Å². The molecule has 0 bridgehead atoms. The van der Waals surface area contributed by atoms with E-state index in [0.29, 0.717) is 0 Å². The van der Waals surface area contributed by atoms with Crippen molar-refractivity contribution >= 4 is 48.2 Å². The van der Waals surface area contributed by atoms with Gasteiger partial charge in [-0.05, 0) is 46.6 Å². The van der Waals surface area contributed by atoms with E-state index in [1.165, 1.54) is 42.8 Å². The van der Waals surface area contributed by atoms with Crippen LogP contribution in [-0.4, -0.2) is 15.9 Å². The fraction of sp³-hybridized carbons (Fsp3) is 0.314. The molecule has 0 atom stereocenters. The van der Waals surface area contributed by atoms with Crippen LogP contribution in [0.1, 0.15) is 58.2 Å². The fourth-order valence-electron chi connectivity index (χ4n) is 4.35. The Morgan fingerprint density at radius 1 is 0.875 bits per heavy atom. The first kappa shape index (κ1) is 31.7. The van der Waals surface area contributed by atoms with Crippen molar-refractivity contribution in [1.29, 1.82) is 0 Å². The molecule has 3 nitrogen and oxygen atoms in total. The van der Waals surface area contributed by atoms with E-state index in [1.54, 1.807) is 0 Å². The molecule has 0 aliphatic rings. The third-order valence-corrected chi connectivity index (χ3v) is 8.07. The number of hydrogen-bond donors (Lipinski definition) is 1. The number of para-hydroxylation sites is 1. The third-order valence-electron chi connectivity index (χ3n) is 6.70. The number of allylic oxidation sites excluding steroid dienone is 2. The number of thiophene rings is 1. The maximum absolute atomic E-state index is 11.5. The molecule has 0 spiro atoms. The van der Waals surface area contributed by atoms with Gasteiger partial charge in [-0.15, -0.1) is 23.3 Å². The summed E-state index contributed by atoms with van der Waals surface area (Å²) in [6, 6.07) is 23.0. The van der Waals surface area contributed by atoms with Crippen molar-refractivity contribution in [2.75, 3.05) is 0 Å². The van der Waals surface area contributed by atoms with Gasteiger partial charge < -0.3 is 5.11 Å². The minimum absolute atomic E-state index is 0. The molecule has 5 aromatic rings. The van der Waals surface area contributed by atoms with Gasteiger partial charge in [-0.2, -0.15) is 11.3 Å². The first-order chi connectivity index (χ1) is 18.1. The predicted molar refractivity (Wildman–Crippen MR) is 168 cm³/mol. The number of rotatable bonds is 2. The van der Waals surface area contributed by atoms with Crippen LogP contribution in [0, 0.1) is 37.7 Å². The van der Waals surface area contributed by atoms with Crippen molar-refractivity contribution in [2.24, 2.45) is 10.8 Å². The second-order valence-corrected chi connectivity index (χ2v) is 13.4. The monoisotopic (exact) mass is 729 g/mol.